The van der Waals surface area contributed by atoms with Gasteiger partial charge in [-0.2, -0.15) is 0 Å². The standard InChI is InChI=1S/C22H23N/c1-16-14-18(10-11-20(16)17-8-6-5-7-9-17)21-15-19(12-13-23-21)22(2,3)4/h5-15H,1-4H3. The monoisotopic (exact) mass is 301 g/mol. The molecule has 0 aliphatic rings. The molecule has 1 heterocycles. The molecule has 0 atom stereocenters. The molecule has 0 saturated carbocycles. The quantitative estimate of drug-likeness (QED) is 0.564. The van der Waals surface area contributed by atoms with Gasteiger partial charge in [-0.1, -0.05) is 63.2 Å². The average Bonchev–Trinajstić information content (AvgIpc) is 2.55. The van der Waals surface area contributed by atoms with Gasteiger partial charge in [-0.3, -0.25) is 4.98 Å². The molecule has 3 rings (SSSR count). The Morgan fingerprint density at radius 2 is 1.52 bits per heavy atom. The summed E-state index contributed by atoms with van der Waals surface area (Å²) in [5.74, 6) is 0. The van der Waals surface area contributed by atoms with Crippen molar-refractivity contribution in [1.29, 1.82) is 0 Å². The minimum absolute atomic E-state index is 0.136. The highest BCUT2D eigenvalue weighted by molar-refractivity contribution is 5.72. The van der Waals surface area contributed by atoms with E-state index in [9.17, 15) is 0 Å². The summed E-state index contributed by atoms with van der Waals surface area (Å²) in [7, 11) is 0. The van der Waals surface area contributed by atoms with Crippen molar-refractivity contribution in [2.45, 2.75) is 33.1 Å². The zero-order valence-corrected chi connectivity index (χ0v) is 14.3. The highest BCUT2D eigenvalue weighted by atomic mass is 14.7. The number of hydrogen-bond donors (Lipinski definition) is 0. The van der Waals surface area contributed by atoms with Gasteiger partial charge in [-0.05, 0) is 52.8 Å². The topological polar surface area (TPSA) is 12.9 Å². The van der Waals surface area contributed by atoms with E-state index in [-0.39, 0.29) is 5.41 Å². The number of pyridine rings is 1. The average molecular weight is 301 g/mol. The lowest BCUT2D eigenvalue weighted by Crippen LogP contribution is -2.11. The first-order valence-electron chi connectivity index (χ1n) is 8.08. The van der Waals surface area contributed by atoms with Gasteiger partial charge in [0, 0.05) is 11.8 Å². The highest BCUT2D eigenvalue weighted by Gasteiger charge is 2.15. The summed E-state index contributed by atoms with van der Waals surface area (Å²) < 4.78 is 0. The fourth-order valence-corrected chi connectivity index (χ4v) is 2.82. The molecule has 0 radical (unpaired) electrons. The number of benzene rings is 2. The van der Waals surface area contributed by atoms with E-state index < -0.39 is 0 Å². The van der Waals surface area contributed by atoms with Crippen LogP contribution in [0.1, 0.15) is 31.9 Å². The van der Waals surface area contributed by atoms with Crippen LogP contribution in [0.5, 0.6) is 0 Å². The molecule has 1 heteroatoms. The summed E-state index contributed by atoms with van der Waals surface area (Å²) in [5.41, 5.74) is 7.48. The van der Waals surface area contributed by atoms with E-state index in [4.69, 9.17) is 0 Å². The molecule has 0 bridgehead atoms. The van der Waals surface area contributed by atoms with Crippen LogP contribution in [0.25, 0.3) is 22.4 Å². The maximum atomic E-state index is 4.57. The number of nitrogens with zero attached hydrogens (tertiary/aromatic N) is 1. The summed E-state index contributed by atoms with van der Waals surface area (Å²) in [6.45, 7) is 8.86. The van der Waals surface area contributed by atoms with E-state index in [1.807, 2.05) is 6.20 Å². The fourth-order valence-electron chi connectivity index (χ4n) is 2.82. The Balaban J connectivity index is 2.01. The minimum atomic E-state index is 0.136. The molecule has 1 nitrogen and oxygen atoms in total. The SMILES string of the molecule is Cc1cc(-c2cc(C(C)(C)C)ccn2)ccc1-c1ccccc1. The molecule has 23 heavy (non-hydrogen) atoms. The smallest absolute Gasteiger partial charge is 0.0704 e. The van der Waals surface area contributed by atoms with Gasteiger partial charge in [-0.25, -0.2) is 0 Å². The third-order valence-electron chi connectivity index (χ3n) is 4.23. The van der Waals surface area contributed by atoms with Crippen molar-refractivity contribution < 1.29 is 0 Å². The number of aromatic nitrogens is 1. The first-order chi connectivity index (χ1) is 10.9. The Hall–Kier alpha value is -2.41. The molecule has 1 aromatic heterocycles. The molecule has 0 fully saturated rings. The molecule has 0 amide bonds. The minimum Gasteiger partial charge on any atom is -0.256 e. The van der Waals surface area contributed by atoms with Crippen molar-refractivity contribution in [3.63, 3.8) is 0 Å². The summed E-state index contributed by atoms with van der Waals surface area (Å²) in [5, 5.41) is 0. The van der Waals surface area contributed by atoms with Crippen LogP contribution >= 0.6 is 0 Å². The summed E-state index contributed by atoms with van der Waals surface area (Å²) in [6, 6.07) is 21.4. The van der Waals surface area contributed by atoms with Gasteiger partial charge in [0.1, 0.15) is 0 Å². The molecule has 0 saturated heterocycles. The summed E-state index contributed by atoms with van der Waals surface area (Å²) in [4.78, 5) is 4.57. The van der Waals surface area contributed by atoms with Gasteiger partial charge < -0.3 is 0 Å². The zero-order chi connectivity index (χ0) is 16.4. The Morgan fingerprint density at radius 3 is 2.17 bits per heavy atom. The van der Waals surface area contributed by atoms with E-state index in [1.165, 1.54) is 27.8 Å². The van der Waals surface area contributed by atoms with Crippen LogP contribution in [-0.2, 0) is 5.41 Å². The molecule has 3 aromatic rings. The van der Waals surface area contributed by atoms with Crippen LogP contribution in [0.3, 0.4) is 0 Å². The molecule has 0 unspecified atom stereocenters. The maximum absolute atomic E-state index is 4.57. The second-order valence-electron chi connectivity index (χ2n) is 7.08. The lowest BCUT2D eigenvalue weighted by Gasteiger charge is -2.19. The third-order valence-corrected chi connectivity index (χ3v) is 4.23. The van der Waals surface area contributed by atoms with E-state index in [1.54, 1.807) is 0 Å². The van der Waals surface area contributed by atoms with Crippen molar-refractivity contribution in [3.8, 4) is 22.4 Å². The first-order valence-corrected chi connectivity index (χ1v) is 8.08. The fraction of sp³-hybridized carbons (Fsp3) is 0.227. The van der Waals surface area contributed by atoms with Crippen molar-refractivity contribution in [2.75, 3.05) is 0 Å². The van der Waals surface area contributed by atoms with E-state index in [0.717, 1.165) is 5.69 Å². The van der Waals surface area contributed by atoms with Gasteiger partial charge in [0.25, 0.3) is 0 Å². The van der Waals surface area contributed by atoms with Crippen LogP contribution in [0.4, 0.5) is 0 Å². The lowest BCUT2D eigenvalue weighted by molar-refractivity contribution is 0.589. The van der Waals surface area contributed by atoms with Crippen LogP contribution in [-0.4, -0.2) is 4.98 Å². The Labute approximate surface area is 139 Å². The molecule has 0 aliphatic heterocycles. The van der Waals surface area contributed by atoms with Gasteiger partial charge >= 0.3 is 0 Å². The van der Waals surface area contributed by atoms with E-state index >= 15 is 0 Å². The molecule has 0 aliphatic carbocycles. The first kappa shape index (κ1) is 15.5. The maximum Gasteiger partial charge on any atom is 0.0704 e. The van der Waals surface area contributed by atoms with E-state index in [2.05, 4.69) is 93.3 Å². The Kier molecular flexibility index (Phi) is 4.04. The highest BCUT2D eigenvalue weighted by Crippen LogP contribution is 2.30. The van der Waals surface area contributed by atoms with Crippen molar-refractivity contribution in [1.82, 2.24) is 4.98 Å². The van der Waals surface area contributed by atoms with Crippen molar-refractivity contribution in [3.05, 3.63) is 78.0 Å². The van der Waals surface area contributed by atoms with Crippen LogP contribution in [0.2, 0.25) is 0 Å². The van der Waals surface area contributed by atoms with Crippen LogP contribution < -0.4 is 0 Å². The van der Waals surface area contributed by atoms with Crippen LogP contribution in [0, 0.1) is 6.92 Å². The van der Waals surface area contributed by atoms with Gasteiger partial charge in [0.15, 0.2) is 0 Å². The van der Waals surface area contributed by atoms with Crippen LogP contribution in [0.15, 0.2) is 66.9 Å². The third kappa shape index (κ3) is 3.34. The second kappa shape index (κ2) is 6.00. The summed E-state index contributed by atoms with van der Waals surface area (Å²) in [6.07, 6.45) is 1.91. The van der Waals surface area contributed by atoms with Gasteiger partial charge in [0.2, 0.25) is 0 Å². The Morgan fingerprint density at radius 1 is 0.783 bits per heavy atom. The zero-order valence-electron chi connectivity index (χ0n) is 14.3. The molecular weight excluding hydrogens is 278 g/mol. The predicted octanol–water partition coefficient (Wildman–Crippen LogP) is 6.02. The number of hydrogen-bond acceptors (Lipinski definition) is 1. The molecule has 2 aromatic carbocycles. The summed E-state index contributed by atoms with van der Waals surface area (Å²) >= 11 is 0. The predicted molar refractivity (Wildman–Crippen MR) is 98.5 cm³/mol. The van der Waals surface area contributed by atoms with Gasteiger partial charge in [-0.15, -0.1) is 0 Å². The Bertz CT molecular complexity index is 811. The number of aryl methyl sites for hydroxylation is 1. The lowest BCUT2D eigenvalue weighted by atomic mass is 9.86. The largest absolute Gasteiger partial charge is 0.256 e. The van der Waals surface area contributed by atoms with Gasteiger partial charge in [0.05, 0.1) is 5.69 Å². The van der Waals surface area contributed by atoms with Crippen molar-refractivity contribution in [2.24, 2.45) is 0 Å². The second-order valence-corrected chi connectivity index (χ2v) is 7.08. The number of rotatable bonds is 2. The molecular formula is C22H23N. The normalized spacial score (nSPS) is 11.5. The molecule has 0 spiro atoms. The molecule has 0 N–H and O–H groups in total. The van der Waals surface area contributed by atoms with E-state index in [0.29, 0.717) is 0 Å². The van der Waals surface area contributed by atoms with Crippen molar-refractivity contribution >= 4 is 0 Å². The molecule has 116 valence electrons.